The maximum atomic E-state index is 12.9. The Balaban J connectivity index is 1.77. The van der Waals surface area contributed by atoms with Crippen molar-refractivity contribution < 1.29 is 14.3 Å². The van der Waals surface area contributed by atoms with Crippen LogP contribution in [0.4, 0.5) is 5.69 Å². The highest BCUT2D eigenvalue weighted by Gasteiger charge is 2.24. The number of nitrogens with one attached hydrogen (secondary N) is 1. The maximum absolute atomic E-state index is 12.9. The lowest BCUT2D eigenvalue weighted by Gasteiger charge is -2.16. The van der Waals surface area contributed by atoms with E-state index in [2.05, 4.69) is 10.2 Å². The van der Waals surface area contributed by atoms with Crippen LogP contribution in [0, 0.1) is 6.92 Å². The Morgan fingerprint density at radius 3 is 2.62 bits per heavy atom. The summed E-state index contributed by atoms with van der Waals surface area (Å²) in [6.45, 7) is 4.43. The highest BCUT2D eigenvalue weighted by molar-refractivity contribution is 6.14. The van der Waals surface area contributed by atoms with E-state index in [0.717, 1.165) is 24.3 Å². The first-order valence-electron chi connectivity index (χ1n) is 8.96. The van der Waals surface area contributed by atoms with E-state index in [9.17, 15) is 9.90 Å². The van der Waals surface area contributed by atoms with E-state index in [1.165, 1.54) is 12.8 Å². The molecule has 0 atom stereocenters. The number of anilines is 1. The molecule has 1 aliphatic rings. The highest BCUT2D eigenvalue weighted by atomic mass is 16.3. The molecule has 0 radical (unpaired) electrons. The molecule has 3 aromatic rings. The van der Waals surface area contributed by atoms with Crippen LogP contribution in [0.25, 0.3) is 11.0 Å². The molecular weight excluding hydrogens is 328 g/mol. The molecule has 0 saturated carbocycles. The number of fused-ring (bicyclic) bond motifs is 1. The van der Waals surface area contributed by atoms with Crippen LogP contribution >= 0.6 is 0 Å². The van der Waals surface area contributed by atoms with E-state index in [1.807, 2.05) is 30.3 Å². The monoisotopic (exact) mass is 350 g/mol. The van der Waals surface area contributed by atoms with Gasteiger partial charge in [-0.3, -0.25) is 9.69 Å². The third-order valence-corrected chi connectivity index (χ3v) is 4.95. The van der Waals surface area contributed by atoms with Gasteiger partial charge in [-0.05, 0) is 57.1 Å². The van der Waals surface area contributed by atoms with E-state index >= 15 is 0 Å². The third kappa shape index (κ3) is 3.06. The molecule has 0 aliphatic carbocycles. The molecule has 2 heterocycles. The molecule has 5 nitrogen and oxygen atoms in total. The van der Waals surface area contributed by atoms with Crippen LogP contribution < -0.4 is 5.32 Å². The average molecular weight is 350 g/mol. The highest BCUT2D eigenvalue weighted by Crippen LogP contribution is 2.35. The number of benzene rings is 2. The number of para-hydroxylation sites is 1. The molecule has 134 valence electrons. The number of aromatic hydroxyl groups is 1. The Labute approximate surface area is 152 Å². The number of rotatable bonds is 4. The van der Waals surface area contributed by atoms with Gasteiger partial charge in [0.2, 0.25) is 0 Å². The van der Waals surface area contributed by atoms with Gasteiger partial charge in [-0.25, -0.2) is 0 Å². The molecule has 1 aromatic heterocycles. The number of carbonyl (C=O) groups is 1. The van der Waals surface area contributed by atoms with Crippen molar-refractivity contribution >= 4 is 22.6 Å². The lowest BCUT2D eigenvalue weighted by atomic mass is 10.0. The molecule has 26 heavy (non-hydrogen) atoms. The number of hydrogen-bond acceptors (Lipinski definition) is 4. The van der Waals surface area contributed by atoms with Gasteiger partial charge in [0.1, 0.15) is 17.1 Å². The fourth-order valence-electron chi connectivity index (χ4n) is 3.68. The number of phenolic OH excluding ortho intramolecular Hbond substituents is 1. The predicted octanol–water partition coefficient (Wildman–Crippen LogP) is 4.29. The molecule has 0 bridgehead atoms. The van der Waals surface area contributed by atoms with E-state index in [4.69, 9.17) is 4.42 Å². The first-order valence-corrected chi connectivity index (χ1v) is 8.96. The van der Waals surface area contributed by atoms with E-state index in [0.29, 0.717) is 28.8 Å². The fourth-order valence-corrected chi connectivity index (χ4v) is 3.68. The van der Waals surface area contributed by atoms with Gasteiger partial charge >= 0.3 is 0 Å². The number of amides is 1. The summed E-state index contributed by atoms with van der Waals surface area (Å²) in [5, 5.41) is 14.1. The molecular formula is C21H22N2O3. The molecule has 0 unspecified atom stereocenters. The zero-order chi connectivity index (χ0) is 18.1. The van der Waals surface area contributed by atoms with Gasteiger partial charge in [-0.15, -0.1) is 0 Å². The second kappa shape index (κ2) is 6.84. The molecule has 1 aliphatic heterocycles. The summed E-state index contributed by atoms with van der Waals surface area (Å²) in [7, 11) is 0. The minimum Gasteiger partial charge on any atom is -0.508 e. The summed E-state index contributed by atoms with van der Waals surface area (Å²) in [4.78, 5) is 15.2. The van der Waals surface area contributed by atoms with Crippen LogP contribution in [0.15, 0.2) is 46.9 Å². The lowest BCUT2D eigenvalue weighted by molar-refractivity contribution is 0.102. The Morgan fingerprint density at radius 2 is 1.88 bits per heavy atom. The Kier molecular flexibility index (Phi) is 4.39. The smallest absolute Gasteiger partial charge is 0.259 e. The SMILES string of the molecule is Cc1oc2ccc(O)c(CN3CCCC3)c2c1C(=O)Nc1ccccc1. The van der Waals surface area contributed by atoms with Gasteiger partial charge < -0.3 is 14.8 Å². The van der Waals surface area contributed by atoms with Gasteiger partial charge in [0.05, 0.1) is 5.56 Å². The molecule has 2 aromatic carbocycles. The van der Waals surface area contributed by atoms with Crippen molar-refractivity contribution in [3.05, 3.63) is 59.4 Å². The van der Waals surface area contributed by atoms with Crippen molar-refractivity contribution in [2.75, 3.05) is 18.4 Å². The molecule has 5 heteroatoms. The largest absolute Gasteiger partial charge is 0.508 e. The van der Waals surface area contributed by atoms with Crippen LogP contribution in [0.1, 0.15) is 34.5 Å². The van der Waals surface area contributed by atoms with Gasteiger partial charge in [-0.1, -0.05) is 18.2 Å². The standard InChI is InChI=1S/C21H22N2O3/c1-14-19(21(25)22-15-7-3-2-4-8-15)20-16(13-23-11-5-6-12-23)17(24)9-10-18(20)26-14/h2-4,7-10,24H,5-6,11-13H2,1H3,(H,22,25). The molecule has 0 spiro atoms. The molecule has 1 amide bonds. The summed E-state index contributed by atoms with van der Waals surface area (Å²) in [5.74, 6) is 0.543. The number of likely N-dealkylation sites (tertiary alicyclic amines) is 1. The zero-order valence-electron chi connectivity index (χ0n) is 14.8. The number of phenols is 1. The topological polar surface area (TPSA) is 65.7 Å². The lowest BCUT2D eigenvalue weighted by Crippen LogP contribution is -2.19. The Hall–Kier alpha value is -2.79. The average Bonchev–Trinajstić information content (AvgIpc) is 3.25. The van der Waals surface area contributed by atoms with Crippen LogP contribution in [0.5, 0.6) is 5.75 Å². The van der Waals surface area contributed by atoms with Crippen molar-refractivity contribution in [1.82, 2.24) is 4.90 Å². The van der Waals surface area contributed by atoms with Gasteiger partial charge in [-0.2, -0.15) is 0 Å². The van der Waals surface area contributed by atoms with Crippen molar-refractivity contribution in [2.24, 2.45) is 0 Å². The van der Waals surface area contributed by atoms with Crippen molar-refractivity contribution in [3.8, 4) is 5.75 Å². The summed E-state index contributed by atoms with van der Waals surface area (Å²) in [6, 6.07) is 12.7. The maximum Gasteiger partial charge on any atom is 0.259 e. The quantitative estimate of drug-likeness (QED) is 0.736. The zero-order valence-corrected chi connectivity index (χ0v) is 14.8. The normalized spacial score (nSPS) is 14.8. The second-order valence-electron chi connectivity index (χ2n) is 6.77. The molecule has 4 rings (SSSR count). The number of carbonyl (C=O) groups excluding carboxylic acids is 1. The fraction of sp³-hybridized carbons (Fsp3) is 0.286. The second-order valence-corrected chi connectivity index (χ2v) is 6.77. The van der Waals surface area contributed by atoms with Crippen molar-refractivity contribution in [1.29, 1.82) is 0 Å². The summed E-state index contributed by atoms with van der Waals surface area (Å²) >= 11 is 0. The van der Waals surface area contributed by atoms with Crippen LogP contribution in [0.3, 0.4) is 0 Å². The summed E-state index contributed by atoms with van der Waals surface area (Å²) < 4.78 is 5.83. The predicted molar refractivity (Wildman–Crippen MR) is 102 cm³/mol. The van der Waals surface area contributed by atoms with Crippen LogP contribution in [0.2, 0.25) is 0 Å². The molecule has 1 saturated heterocycles. The summed E-state index contributed by atoms with van der Waals surface area (Å²) in [6.07, 6.45) is 2.34. The first-order chi connectivity index (χ1) is 12.6. The minimum atomic E-state index is -0.222. The van der Waals surface area contributed by atoms with Gasteiger partial charge in [0.25, 0.3) is 5.91 Å². The third-order valence-electron chi connectivity index (χ3n) is 4.95. The van der Waals surface area contributed by atoms with Crippen LogP contribution in [-0.4, -0.2) is 29.0 Å². The molecule has 2 N–H and O–H groups in total. The van der Waals surface area contributed by atoms with Gasteiger partial charge in [0.15, 0.2) is 0 Å². The van der Waals surface area contributed by atoms with E-state index in [-0.39, 0.29) is 11.7 Å². The molecule has 1 fully saturated rings. The van der Waals surface area contributed by atoms with Gasteiger partial charge in [0, 0.05) is 23.2 Å². The van der Waals surface area contributed by atoms with Crippen LogP contribution in [-0.2, 0) is 6.54 Å². The van der Waals surface area contributed by atoms with E-state index < -0.39 is 0 Å². The van der Waals surface area contributed by atoms with E-state index in [1.54, 1.807) is 19.1 Å². The summed E-state index contributed by atoms with van der Waals surface area (Å²) in [5.41, 5.74) is 2.62. The number of furan rings is 1. The minimum absolute atomic E-state index is 0.207. The Morgan fingerprint density at radius 1 is 1.15 bits per heavy atom. The van der Waals surface area contributed by atoms with Crippen molar-refractivity contribution in [3.63, 3.8) is 0 Å². The van der Waals surface area contributed by atoms with Crippen molar-refractivity contribution in [2.45, 2.75) is 26.3 Å². The first kappa shape index (κ1) is 16.7. The number of nitrogens with zero attached hydrogens (tertiary/aromatic N) is 1. The number of hydrogen-bond donors (Lipinski definition) is 2. The number of aryl methyl sites for hydroxylation is 1. The Bertz CT molecular complexity index is 941.